The molecule has 3 nitrogen and oxygen atoms in total. The second kappa shape index (κ2) is 13.2. The van der Waals surface area contributed by atoms with Gasteiger partial charge in [-0.3, -0.25) is 4.79 Å². The molecule has 3 heteroatoms. The summed E-state index contributed by atoms with van der Waals surface area (Å²) in [7, 11) is 0. The number of ether oxygens (including phenoxy) is 1. The van der Waals surface area contributed by atoms with Crippen molar-refractivity contribution in [3.8, 4) is 0 Å². The SMILES string of the molecule is O=C(CCCN1CCC(OC(c2ccccc2)c2ccccc2)CC1)c1ccc(C2CCCCC2)cc1. The van der Waals surface area contributed by atoms with Crippen LogP contribution in [0.1, 0.15) is 96.9 Å². The van der Waals surface area contributed by atoms with Crippen molar-refractivity contribution in [2.45, 2.75) is 75.9 Å². The topological polar surface area (TPSA) is 29.5 Å². The number of nitrogens with zero attached hydrogens (tertiary/aromatic N) is 1. The van der Waals surface area contributed by atoms with E-state index in [1.54, 1.807) is 0 Å². The summed E-state index contributed by atoms with van der Waals surface area (Å²) in [5, 5.41) is 0. The van der Waals surface area contributed by atoms with Crippen molar-refractivity contribution in [3.05, 3.63) is 107 Å². The number of carbonyl (C=O) groups excluding carboxylic acids is 1. The molecule has 1 aliphatic carbocycles. The van der Waals surface area contributed by atoms with E-state index < -0.39 is 0 Å². The largest absolute Gasteiger partial charge is 0.365 e. The Bertz CT molecular complexity index is 1040. The zero-order chi connectivity index (χ0) is 25.3. The molecule has 0 unspecified atom stereocenters. The van der Waals surface area contributed by atoms with Gasteiger partial charge in [-0.15, -0.1) is 0 Å². The van der Waals surface area contributed by atoms with E-state index in [-0.39, 0.29) is 18.0 Å². The zero-order valence-electron chi connectivity index (χ0n) is 22.1. The maximum atomic E-state index is 12.8. The highest BCUT2D eigenvalue weighted by molar-refractivity contribution is 5.96. The maximum absolute atomic E-state index is 12.8. The molecule has 3 aromatic carbocycles. The molecule has 0 radical (unpaired) electrons. The summed E-state index contributed by atoms with van der Waals surface area (Å²) < 4.78 is 6.68. The molecule has 2 fully saturated rings. The molecule has 37 heavy (non-hydrogen) atoms. The van der Waals surface area contributed by atoms with Gasteiger partial charge in [0.2, 0.25) is 0 Å². The predicted octanol–water partition coefficient (Wildman–Crippen LogP) is 7.97. The summed E-state index contributed by atoms with van der Waals surface area (Å²) in [4.78, 5) is 15.3. The van der Waals surface area contributed by atoms with Crippen molar-refractivity contribution in [3.63, 3.8) is 0 Å². The van der Waals surface area contributed by atoms with Crippen LogP contribution in [0.4, 0.5) is 0 Å². The number of hydrogen-bond acceptors (Lipinski definition) is 3. The predicted molar refractivity (Wildman–Crippen MR) is 151 cm³/mol. The molecule has 2 aliphatic rings. The molecule has 1 aliphatic heterocycles. The smallest absolute Gasteiger partial charge is 0.162 e. The van der Waals surface area contributed by atoms with Crippen LogP contribution in [0.5, 0.6) is 0 Å². The van der Waals surface area contributed by atoms with Crippen LogP contribution in [-0.2, 0) is 4.74 Å². The lowest BCUT2D eigenvalue weighted by molar-refractivity contribution is -0.0270. The third kappa shape index (κ3) is 7.18. The molecular formula is C34H41NO2. The Hall–Kier alpha value is -2.75. The van der Waals surface area contributed by atoms with Crippen LogP contribution in [-0.4, -0.2) is 36.4 Å². The van der Waals surface area contributed by atoms with Gasteiger partial charge in [0.05, 0.1) is 6.10 Å². The second-order valence-corrected chi connectivity index (χ2v) is 10.9. The first-order chi connectivity index (χ1) is 18.3. The fraction of sp³-hybridized carbons (Fsp3) is 0.441. The molecule has 0 aromatic heterocycles. The Kier molecular flexibility index (Phi) is 9.21. The normalized spacial score (nSPS) is 17.8. The minimum atomic E-state index is -0.0268. The second-order valence-electron chi connectivity index (χ2n) is 10.9. The van der Waals surface area contributed by atoms with Crippen LogP contribution in [0.2, 0.25) is 0 Å². The van der Waals surface area contributed by atoms with Gasteiger partial charge in [0, 0.05) is 25.1 Å². The van der Waals surface area contributed by atoms with Gasteiger partial charge in [-0.1, -0.05) is 104 Å². The van der Waals surface area contributed by atoms with Gasteiger partial charge in [0.1, 0.15) is 6.10 Å². The van der Waals surface area contributed by atoms with Crippen molar-refractivity contribution in [2.24, 2.45) is 0 Å². The highest BCUT2D eigenvalue weighted by atomic mass is 16.5. The van der Waals surface area contributed by atoms with E-state index in [2.05, 4.69) is 89.8 Å². The van der Waals surface area contributed by atoms with Gasteiger partial charge in [-0.05, 0) is 61.3 Å². The lowest BCUT2D eigenvalue weighted by atomic mass is 9.84. The van der Waals surface area contributed by atoms with Gasteiger partial charge < -0.3 is 9.64 Å². The lowest BCUT2D eigenvalue weighted by Crippen LogP contribution is -2.38. The standard InChI is InChI=1S/C34H41NO2/c36-33(29-20-18-28(19-21-29)27-11-4-1-5-12-27)17-10-24-35-25-22-32(23-26-35)37-34(30-13-6-2-7-14-30)31-15-8-3-9-16-31/h2-3,6-9,13-16,18-21,27,32,34H,1,4-5,10-12,17,22-26H2. The quantitative estimate of drug-likeness (QED) is 0.267. The van der Waals surface area contributed by atoms with Crippen LogP contribution in [0, 0.1) is 0 Å². The third-order valence-electron chi connectivity index (χ3n) is 8.26. The Balaban J connectivity index is 1.06. The monoisotopic (exact) mass is 495 g/mol. The molecule has 1 saturated heterocycles. The van der Waals surface area contributed by atoms with Gasteiger partial charge in [0.15, 0.2) is 5.78 Å². The van der Waals surface area contributed by atoms with Gasteiger partial charge in [0.25, 0.3) is 0 Å². The van der Waals surface area contributed by atoms with Gasteiger partial charge in [-0.25, -0.2) is 0 Å². The molecule has 1 saturated carbocycles. The number of benzene rings is 3. The van der Waals surface area contributed by atoms with E-state index in [0.717, 1.165) is 44.5 Å². The lowest BCUT2D eigenvalue weighted by Gasteiger charge is -2.34. The molecule has 3 aromatic rings. The molecule has 0 spiro atoms. The molecule has 0 amide bonds. The Morgan fingerprint density at radius 1 is 0.757 bits per heavy atom. The first kappa shape index (κ1) is 25.9. The molecular weight excluding hydrogens is 454 g/mol. The van der Waals surface area contributed by atoms with Crippen molar-refractivity contribution in [1.82, 2.24) is 4.90 Å². The number of rotatable bonds is 10. The number of likely N-dealkylation sites (tertiary alicyclic amines) is 1. The zero-order valence-corrected chi connectivity index (χ0v) is 22.1. The molecule has 194 valence electrons. The van der Waals surface area contributed by atoms with Gasteiger partial charge >= 0.3 is 0 Å². The number of carbonyl (C=O) groups is 1. The molecule has 0 atom stereocenters. The average Bonchev–Trinajstić information content (AvgIpc) is 2.98. The summed E-state index contributed by atoms with van der Waals surface area (Å²) in [5.74, 6) is 0.974. The van der Waals surface area contributed by atoms with Crippen LogP contribution < -0.4 is 0 Å². The van der Waals surface area contributed by atoms with Gasteiger partial charge in [-0.2, -0.15) is 0 Å². The fourth-order valence-corrected chi connectivity index (χ4v) is 6.05. The van der Waals surface area contributed by atoms with Crippen LogP contribution in [0.15, 0.2) is 84.9 Å². The van der Waals surface area contributed by atoms with E-state index in [0.29, 0.717) is 12.3 Å². The fourth-order valence-electron chi connectivity index (χ4n) is 6.05. The van der Waals surface area contributed by atoms with Crippen molar-refractivity contribution < 1.29 is 9.53 Å². The third-order valence-corrected chi connectivity index (χ3v) is 8.26. The maximum Gasteiger partial charge on any atom is 0.162 e. The summed E-state index contributed by atoms with van der Waals surface area (Å²) in [6.07, 6.45) is 10.5. The number of piperidine rings is 1. The molecule has 1 heterocycles. The van der Waals surface area contributed by atoms with Crippen molar-refractivity contribution in [1.29, 1.82) is 0 Å². The number of Topliss-reactive ketones (excluding diaryl/α,β-unsaturated/α-hetero) is 1. The molecule has 0 bridgehead atoms. The minimum absolute atomic E-state index is 0.0268. The van der Waals surface area contributed by atoms with Crippen molar-refractivity contribution in [2.75, 3.05) is 19.6 Å². The van der Waals surface area contributed by atoms with Crippen LogP contribution in [0.25, 0.3) is 0 Å². The number of ketones is 1. The van der Waals surface area contributed by atoms with Crippen molar-refractivity contribution >= 4 is 5.78 Å². The Labute approximate surface area is 222 Å². The number of hydrogen-bond donors (Lipinski definition) is 0. The Morgan fingerprint density at radius 3 is 1.95 bits per heavy atom. The van der Waals surface area contributed by atoms with E-state index >= 15 is 0 Å². The van der Waals surface area contributed by atoms with E-state index in [1.165, 1.54) is 48.8 Å². The highest BCUT2D eigenvalue weighted by Gasteiger charge is 2.25. The molecule has 5 rings (SSSR count). The Morgan fingerprint density at radius 2 is 1.35 bits per heavy atom. The first-order valence-electron chi connectivity index (χ1n) is 14.4. The summed E-state index contributed by atoms with van der Waals surface area (Å²) in [6, 6.07) is 29.6. The average molecular weight is 496 g/mol. The first-order valence-corrected chi connectivity index (χ1v) is 14.4. The van der Waals surface area contributed by atoms with E-state index in [9.17, 15) is 4.79 Å². The summed E-state index contributed by atoms with van der Waals surface area (Å²) >= 11 is 0. The minimum Gasteiger partial charge on any atom is -0.365 e. The van der Waals surface area contributed by atoms with Crippen LogP contribution in [0.3, 0.4) is 0 Å². The van der Waals surface area contributed by atoms with E-state index in [1.807, 2.05) is 0 Å². The summed E-state index contributed by atoms with van der Waals surface area (Å²) in [6.45, 7) is 3.05. The van der Waals surface area contributed by atoms with E-state index in [4.69, 9.17) is 4.74 Å². The van der Waals surface area contributed by atoms with Crippen LogP contribution >= 0.6 is 0 Å². The molecule has 0 N–H and O–H groups in total. The summed E-state index contributed by atoms with van der Waals surface area (Å²) in [5.41, 5.74) is 4.71. The highest BCUT2D eigenvalue weighted by Crippen LogP contribution is 2.33.